The molecule has 1 amide bonds. The van der Waals surface area contributed by atoms with Gasteiger partial charge in [0.2, 0.25) is 0 Å². The minimum Gasteiger partial charge on any atom is -0.486 e. The second-order valence-corrected chi connectivity index (χ2v) is 9.86. The van der Waals surface area contributed by atoms with Crippen molar-refractivity contribution in [3.8, 4) is 17.6 Å². The Bertz CT molecular complexity index is 1290. The highest BCUT2D eigenvalue weighted by Crippen LogP contribution is 2.35. The summed E-state index contributed by atoms with van der Waals surface area (Å²) in [5, 5.41) is 12.7. The lowest BCUT2D eigenvalue weighted by molar-refractivity contribution is 0.0923. The molecule has 2 aromatic carbocycles. The van der Waals surface area contributed by atoms with Crippen LogP contribution < -0.4 is 14.8 Å². The van der Waals surface area contributed by atoms with Gasteiger partial charge < -0.3 is 19.4 Å². The molecule has 176 valence electrons. The van der Waals surface area contributed by atoms with Crippen molar-refractivity contribution in [2.75, 3.05) is 13.2 Å². The number of nitrogens with zero attached hydrogens (tertiary/aromatic N) is 3. The summed E-state index contributed by atoms with van der Waals surface area (Å²) in [5.41, 5.74) is 2.98. The van der Waals surface area contributed by atoms with Crippen molar-refractivity contribution in [3.05, 3.63) is 53.3 Å². The van der Waals surface area contributed by atoms with E-state index in [-0.39, 0.29) is 17.9 Å². The van der Waals surface area contributed by atoms with Crippen LogP contribution in [0, 0.1) is 11.3 Å². The van der Waals surface area contributed by atoms with Crippen LogP contribution in [0.15, 0.2) is 36.4 Å². The number of carbonyl (C=O) groups is 1. The van der Waals surface area contributed by atoms with E-state index in [0.29, 0.717) is 30.3 Å². The summed E-state index contributed by atoms with van der Waals surface area (Å²) in [4.78, 5) is 17.9. The molecule has 7 nitrogen and oxygen atoms in total. The van der Waals surface area contributed by atoms with Gasteiger partial charge in [0.25, 0.3) is 5.91 Å². The lowest BCUT2D eigenvalue weighted by Crippen LogP contribution is -2.38. The Morgan fingerprint density at radius 3 is 2.74 bits per heavy atom. The average Bonchev–Trinajstić information content (AvgIpc) is 3.19. The van der Waals surface area contributed by atoms with Crippen LogP contribution in [0.3, 0.4) is 0 Å². The number of fused-ring (bicyclic) bond motifs is 2. The van der Waals surface area contributed by atoms with Crippen LogP contribution in [0.4, 0.5) is 0 Å². The van der Waals surface area contributed by atoms with Crippen LogP contribution in [0.2, 0.25) is 0 Å². The maximum Gasteiger partial charge on any atom is 0.251 e. The molecule has 3 aromatic rings. The number of hydrogen-bond donors (Lipinski definition) is 1. The highest BCUT2D eigenvalue weighted by Gasteiger charge is 2.29. The van der Waals surface area contributed by atoms with Crippen molar-refractivity contribution in [3.63, 3.8) is 0 Å². The zero-order chi connectivity index (χ0) is 23.9. The van der Waals surface area contributed by atoms with Gasteiger partial charge in [-0.15, -0.1) is 0 Å². The fraction of sp³-hybridized carbons (Fsp3) is 0.444. The summed E-state index contributed by atoms with van der Waals surface area (Å²) in [6, 6.07) is 13.9. The zero-order valence-electron chi connectivity index (χ0n) is 19.9. The number of aryl methyl sites for hydroxylation is 1. The molecule has 1 saturated carbocycles. The lowest BCUT2D eigenvalue weighted by Gasteiger charge is -2.29. The van der Waals surface area contributed by atoms with Crippen LogP contribution in [0.5, 0.6) is 11.5 Å². The van der Waals surface area contributed by atoms with Crippen LogP contribution in [-0.4, -0.2) is 34.7 Å². The van der Waals surface area contributed by atoms with Gasteiger partial charge in [-0.3, -0.25) is 4.79 Å². The summed E-state index contributed by atoms with van der Waals surface area (Å²) in [7, 11) is 2.05. The van der Waals surface area contributed by atoms with E-state index in [1.165, 1.54) is 0 Å². The summed E-state index contributed by atoms with van der Waals surface area (Å²) in [5.74, 6) is 2.53. The third kappa shape index (κ3) is 4.09. The van der Waals surface area contributed by atoms with Crippen molar-refractivity contribution in [1.82, 2.24) is 14.9 Å². The van der Waals surface area contributed by atoms with Gasteiger partial charge in [0, 0.05) is 24.6 Å². The fourth-order valence-corrected chi connectivity index (χ4v) is 5.05. The van der Waals surface area contributed by atoms with E-state index in [2.05, 4.69) is 29.1 Å². The Balaban J connectivity index is 1.33. The third-order valence-electron chi connectivity index (χ3n) is 7.10. The maximum atomic E-state index is 13.0. The predicted molar refractivity (Wildman–Crippen MR) is 129 cm³/mol. The van der Waals surface area contributed by atoms with Crippen LogP contribution >= 0.6 is 0 Å². The number of nitrogens with one attached hydrogen (secondary N) is 1. The Kier molecular flexibility index (Phi) is 5.68. The van der Waals surface area contributed by atoms with Gasteiger partial charge in [-0.05, 0) is 69.0 Å². The van der Waals surface area contributed by atoms with E-state index in [4.69, 9.17) is 14.5 Å². The molecule has 7 heteroatoms. The predicted octanol–water partition coefficient (Wildman–Crippen LogP) is 4.60. The van der Waals surface area contributed by atoms with Gasteiger partial charge in [-0.25, -0.2) is 4.98 Å². The molecule has 0 radical (unpaired) electrons. The molecule has 1 aromatic heterocycles. The van der Waals surface area contributed by atoms with E-state index >= 15 is 0 Å². The molecule has 1 aliphatic heterocycles. The number of imidazole rings is 1. The number of rotatable bonds is 4. The molecule has 2 heterocycles. The number of benzene rings is 2. The summed E-state index contributed by atoms with van der Waals surface area (Å²) in [6.07, 6.45) is 3.89. The molecule has 2 aliphatic rings. The van der Waals surface area contributed by atoms with Crippen molar-refractivity contribution in [2.45, 2.75) is 56.9 Å². The minimum absolute atomic E-state index is 0.0870. The van der Waals surface area contributed by atoms with Crippen LogP contribution in [0.25, 0.3) is 11.0 Å². The molecule has 2 unspecified atom stereocenters. The van der Waals surface area contributed by atoms with E-state index in [1.807, 2.05) is 26.0 Å². The number of hydrogen-bond acceptors (Lipinski definition) is 5. The molecule has 1 N–H and O–H groups in total. The monoisotopic (exact) mass is 458 g/mol. The highest BCUT2D eigenvalue weighted by atomic mass is 16.6. The van der Waals surface area contributed by atoms with Gasteiger partial charge in [0.15, 0.2) is 11.5 Å². The molecule has 1 fully saturated rings. The van der Waals surface area contributed by atoms with Gasteiger partial charge >= 0.3 is 0 Å². The van der Waals surface area contributed by atoms with Crippen LogP contribution in [0.1, 0.15) is 67.2 Å². The average molecular weight is 459 g/mol. The van der Waals surface area contributed by atoms with E-state index in [0.717, 1.165) is 48.1 Å². The first-order valence-electron chi connectivity index (χ1n) is 11.9. The number of amides is 1. The SMILES string of the molecule is Cn1c(C2CCCC(NC(=O)c3ccc4c(c3)OCCO4)C2)nc2cc(C(C)(C)C#N)ccc21. The first kappa shape index (κ1) is 22.3. The highest BCUT2D eigenvalue weighted by molar-refractivity contribution is 5.95. The Morgan fingerprint density at radius 2 is 1.94 bits per heavy atom. The fourth-order valence-electron chi connectivity index (χ4n) is 5.05. The van der Waals surface area contributed by atoms with Gasteiger partial charge in [-0.1, -0.05) is 12.5 Å². The van der Waals surface area contributed by atoms with Crippen molar-refractivity contribution in [1.29, 1.82) is 5.26 Å². The second kappa shape index (κ2) is 8.68. The number of nitriles is 1. The number of carbonyl (C=O) groups excluding carboxylic acids is 1. The van der Waals surface area contributed by atoms with Gasteiger partial charge in [-0.2, -0.15) is 5.26 Å². The van der Waals surface area contributed by atoms with Gasteiger partial charge in [0.1, 0.15) is 19.0 Å². The molecular weight excluding hydrogens is 428 g/mol. The summed E-state index contributed by atoms with van der Waals surface area (Å²) in [6.45, 7) is 4.87. The van der Waals surface area contributed by atoms with Gasteiger partial charge in [0.05, 0.1) is 22.5 Å². The Labute approximate surface area is 199 Å². The van der Waals surface area contributed by atoms with E-state index in [9.17, 15) is 10.1 Å². The Morgan fingerprint density at radius 1 is 1.15 bits per heavy atom. The number of ether oxygens (including phenoxy) is 2. The van der Waals surface area contributed by atoms with Crippen molar-refractivity contribution >= 4 is 16.9 Å². The topological polar surface area (TPSA) is 89.2 Å². The third-order valence-corrected chi connectivity index (χ3v) is 7.10. The molecule has 1 aliphatic carbocycles. The van der Waals surface area contributed by atoms with Crippen LogP contribution in [-0.2, 0) is 12.5 Å². The standard InChI is InChI=1S/C27H30N4O3/c1-27(2,16-28)19-8-9-22-21(15-19)30-25(31(22)3)17-5-4-6-20(13-17)29-26(32)18-7-10-23-24(14-18)34-12-11-33-23/h7-10,14-15,17,20H,4-6,11-13H2,1-3H3,(H,29,32). The van der Waals surface area contributed by atoms with E-state index in [1.54, 1.807) is 18.2 Å². The molecule has 0 spiro atoms. The quantitative estimate of drug-likeness (QED) is 0.617. The summed E-state index contributed by atoms with van der Waals surface area (Å²) < 4.78 is 13.3. The molecule has 0 saturated heterocycles. The minimum atomic E-state index is -0.556. The smallest absolute Gasteiger partial charge is 0.251 e. The zero-order valence-corrected chi connectivity index (χ0v) is 19.9. The maximum absolute atomic E-state index is 13.0. The Hall–Kier alpha value is -3.53. The second-order valence-electron chi connectivity index (χ2n) is 9.86. The first-order chi connectivity index (χ1) is 16.4. The molecule has 34 heavy (non-hydrogen) atoms. The largest absolute Gasteiger partial charge is 0.486 e. The molecule has 2 atom stereocenters. The first-order valence-corrected chi connectivity index (χ1v) is 11.9. The summed E-state index contributed by atoms with van der Waals surface area (Å²) >= 11 is 0. The molecule has 5 rings (SSSR count). The van der Waals surface area contributed by atoms with E-state index < -0.39 is 5.41 Å². The van der Waals surface area contributed by atoms with Crippen molar-refractivity contribution < 1.29 is 14.3 Å². The normalized spacial score (nSPS) is 20.1. The van der Waals surface area contributed by atoms with Crippen molar-refractivity contribution in [2.24, 2.45) is 7.05 Å². The molecular formula is C27H30N4O3. The molecule has 0 bridgehead atoms. The number of aromatic nitrogens is 2. The lowest BCUT2D eigenvalue weighted by atomic mass is 9.85.